The van der Waals surface area contributed by atoms with Crippen LogP contribution in [0.3, 0.4) is 0 Å². The summed E-state index contributed by atoms with van der Waals surface area (Å²) in [6.07, 6.45) is 2.58. The number of aliphatic hydroxyl groups is 1. The van der Waals surface area contributed by atoms with Gasteiger partial charge >= 0.3 is 0 Å². The molecular weight excluding hydrogens is 256 g/mol. The van der Waals surface area contributed by atoms with Gasteiger partial charge in [-0.3, -0.25) is 0 Å². The second-order valence-electron chi connectivity index (χ2n) is 3.96. The lowest BCUT2D eigenvalue weighted by molar-refractivity contribution is 0.0614. The minimum Gasteiger partial charge on any atom is -0.490 e. The van der Waals surface area contributed by atoms with Gasteiger partial charge in [0.15, 0.2) is 0 Å². The molecule has 0 saturated carbocycles. The average molecular weight is 271 g/mol. The van der Waals surface area contributed by atoms with Crippen molar-refractivity contribution < 1.29 is 9.84 Å². The van der Waals surface area contributed by atoms with Crippen molar-refractivity contribution in [2.45, 2.75) is 38.4 Å². The van der Waals surface area contributed by atoms with Crippen LogP contribution in [0.1, 0.15) is 37.9 Å². The highest BCUT2D eigenvalue weighted by Crippen LogP contribution is 2.37. The van der Waals surface area contributed by atoms with Crippen molar-refractivity contribution in [1.82, 2.24) is 0 Å². The zero-order chi connectivity index (χ0) is 10.8. The van der Waals surface area contributed by atoms with Gasteiger partial charge in [-0.1, -0.05) is 35.3 Å². The van der Waals surface area contributed by atoms with Crippen LogP contribution in [0.15, 0.2) is 22.7 Å². The van der Waals surface area contributed by atoms with E-state index in [0.29, 0.717) is 6.42 Å². The number of aliphatic hydroxyl groups excluding tert-OH is 1. The van der Waals surface area contributed by atoms with Gasteiger partial charge < -0.3 is 9.84 Å². The van der Waals surface area contributed by atoms with E-state index >= 15 is 0 Å². The molecule has 0 radical (unpaired) electrons. The van der Waals surface area contributed by atoms with Gasteiger partial charge in [0.2, 0.25) is 0 Å². The Hall–Kier alpha value is -0.540. The summed E-state index contributed by atoms with van der Waals surface area (Å²) in [5.74, 6) is 0.821. The molecule has 0 amide bonds. The Balaban J connectivity index is 2.25. The zero-order valence-electron chi connectivity index (χ0n) is 8.74. The molecule has 2 unspecified atom stereocenters. The number of hydrogen-bond acceptors (Lipinski definition) is 2. The molecule has 0 aliphatic carbocycles. The van der Waals surface area contributed by atoms with Crippen LogP contribution in [0.25, 0.3) is 0 Å². The molecule has 1 heterocycles. The highest BCUT2D eigenvalue weighted by Gasteiger charge is 2.26. The van der Waals surface area contributed by atoms with Crippen LogP contribution in [0.5, 0.6) is 5.75 Å². The highest BCUT2D eigenvalue weighted by molar-refractivity contribution is 9.10. The Kier molecular flexibility index (Phi) is 3.32. The third-order valence-electron chi connectivity index (χ3n) is 2.73. The molecule has 0 saturated heterocycles. The molecule has 2 nitrogen and oxygen atoms in total. The Labute approximate surface area is 98.4 Å². The van der Waals surface area contributed by atoms with E-state index in [0.717, 1.165) is 28.6 Å². The van der Waals surface area contributed by atoms with Crippen molar-refractivity contribution in [2.24, 2.45) is 0 Å². The first kappa shape index (κ1) is 11.0. The molecule has 0 bridgehead atoms. The van der Waals surface area contributed by atoms with Crippen LogP contribution in [0, 0.1) is 0 Å². The SMILES string of the molecule is CCCC1CC(O)c2ccc(Br)cc2O1. The van der Waals surface area contributed by atoms with Crippen molar-refractivity contribution in [3.63, 3.8) is 0 Å². The van der Waals surface area contributed by atoms with Gasteiger partial charge in [0, 0.05) is 16.5 Å². The lowest BCUT2D eigenvalue weighted by Gasteiger charge is -2.29. The molecule has 1 aliphatic heterocycles. The number of rotatable bonds is 2. The Bertz CT molecular complexity index is 351. The quantitative estimate of drug-likeness (QED) is 0.892. The standard InChI is InChI=1S/C12H15BrO2/c1-2-3-9-7-11(14)10-5-4-8(13)6-12(10)15-9/h4-6,9,11,14H,2-3,7H2,1H3. The number of ether oxygens (including phenoxy) is 1. The number of hydrogen-bond donors (Lipinski definition) is 1. The van der Waals surface area contributed by atoms with Crippen molar-refractivity contribution in [3.8, 4) is 5.75 Å². The third-order valence-corrected chi connectivity index (χ3v) is 3.22. The van der Waals surface area contributed by atoms with Crippen molar-refractivity contribution in [2.75, 3.05) is 0 Å². The lowest BCUT2D eigenvalue weighted by Crippen LogP contribution is -2.25. The monoisotopic (exact) mass is 270 g/mol. The normalized spacial score (nSPS) is 24.5. The summed E-state index contributed by atoms with van der Waals surface area (Å²) in [6.45, 7) is 2.13. The fourth-order valence-corrected chi connectivity index (χ4v) is 2.33. The minimum absolute atomic E-state index is 0.159. The third kappa shape index (κ3) is 2.34. The first-order valence-corrected chi connectivity index (χ1v) is 6.14. The summed E-state index contributed by atoms with van der Waals surface area (Å²) in [4.78, 5) is 0. The predicted molar refractivity (Wildman–Crippen MR) is 63.0 cm³/mol. The molecule has 15 heavy (non-hydrogen) atoms. The molecule has 2 atom stereocenters. The van der Waals surface area contributed by atoms with Crippen LogP contribution < -0.4 is 4.74 Å². The van der Waals surface area contributed by atoms with Gasteiger partial charge in [-0.15, -0.1) is 0 Å². The fraction of sp³-hybridized carbons (Fsp3) is 0.500. The summed E-state index contributed by atoms with van der Waals surface area (Å²) in [5.41, 5.74) is 0.908. The maximum absolute atomic E-state index is 9.95. The first-order chi connectivity index (χ1) is 7.20. The summed E-state index contributed by atoms with van der Waals surface area (Å²) < 4.78 is 6.82. The second-order valence-corrected chi connectivity index (χ2v) is 4.88. The average Bonchev–Trinajstić information content (AvgIpc) is 2.17. The molecule has 1 N–H and O–H groups in total. The van der Waals surface area contributed by atoms with Crippen LogP contribution in [-0.4, -0.2) is 11.2 Å². The smallest absolute Gasteiger partial charge is 0.126 e. The Morgan fingerprint density at radius 2 is 2.33 bits per heavy atom. The van der Waals surface area contributed by atoms with Crippen LogP contribution in [0.4, 0.5) is 0 Å². The largest absolute Gasteiger partial charge is 0.490 e. The van der Waals surface area contributed by atoms with Gasteiger partial charge in [0.1, 0.15) is 11.9 Å². The Morgan fingerprint density at radius 1 is 1.53 bits per heavy atom. The molecule has 3 heteroatoms. The first-order valence-electron chi connectivity index (χ1n) is 5.35. The molecule has 0 spiro atoms. The maximum atomic E-state index is 9.95. The molecule has 0 aromatic heterocycles. The molecule has 82 valence electrons. The summed E-state index contributed by atoms with van der Waals surface area (Å²) in [6, 6.07) is 5.79. The zero-order valence-corrected chi connectivity index (χ0v) is 10.3. The van der Waals surface area contributed by atoms with Crippen molar-refractivity contribution in [3.05, 3.63) is 28.2 Å². The predicted octanol–water partition coefficient (Wildman–Crippen LogP) is 3.43. The minimum atomic E-state index is -0.376. The van der Waals surface area contributed by atoms with Gasteiger partial charge in [-0.25, -0.2) is 0 Å². The molecule has 1 aromatic rings. The van der Waals surface area contributed by atoms with Crippen LogP contribution in [-0.2, 0) is 0 Å². The lowest BCUT2D eigenvalue weighted by atomic mass is 9.97. The van der Waals surface area contributed by atoms with Crippen LogP contribution >= 0.6 is 15.9 Å². The van der Waals surface area contributed by atoms with Gasteiger partial charge in [0.05, 0.1) is 6.10 Å². The van der Waals surface area contributed by atoms with E-state index in [4.69, 9.17) is 4.74 Å². The van der Waals surface area contributed by atoms with E-state index in [1.54, 1.807) is 0 Å². The van der Waals surface area contributed by atoms with Crippen molar-refractivity contribution >= 4 is 15.9 Å². The molecule has 2 rings (SSSR count). The summed E-state index contributed by atoms with van der Waals surface area (Å²) >= 11 is 3.41. The van der Waals surface area contributed by atoms with E-state index in [9.17, 15) is 5.11 Å². The van der Waals surface area contributed by atoms with E-state index in [-0.39, 0.29) is 12.2 Å². The van der Waals surface area contributed by atoms with E-state index < -0.39 is 0 Å². The van der Waals surface area contributed by atoms with E-state index in [2.05, 4.69) is 22.9 Å². The molecule has 0 fully saturated rings. The summed E-state index contributed by atoms with van der Waals surface area (Å²) in [7, 11) is 0. The second kappa shape index (κ2) is 4.54. The molecular formula is C12H15BrO2. The van der Waals surface area contributed by atoms with Gasteiger partial charge in [0.25, 0.3) is 0 Å². The van der Waals surface area contributed by atoms with Gasteiger partial charge in [-0.05, 0) is 18.6 Å². The Morgan fingerprint density at radius 3 is 3.07 bits per heavy atom. The van der Waals surface area contributed by atoms with E-state index in [1.807, 2.05) is 18.2 Å². The topological polar surface area (TPSA) is 29.5 Å². The van der Waals surface area contributed by atoms with E-state index in [1.165, 1.54) is 0 Å². The van der Waals surface area contributed by atoms with Gasteiger partial charge in [-0.2, -0.15) is 0 Å². The number of halogens is 1. The number of fused-ring (bicyclic) bond motifs is 1. The van der Waals surface area contributed by atoms with Crippen LogP contribution in [0.2, 0.25) is 0 Å². The van der Waals surface area contributed by atoms with Crippen molar-refractivity contribution in [1.29, 1.82) is 0 Å². The highest BCUT2D eigenvalue weighted by atomic mass is 79.9. The number of benzene rings is 1. The fourth-order valence-electron chi connectivity index (χ4n) is 1.99. The molecule has 1 aliphatic rings. The molecule has 1 aromatic carbocycles. The maximum Gasteiger partial charge on any atom is 0.126 e. The summed E-state index contributed by atoms with van der Waals surface area (Å²) in [5, 5.41) is 9.95.